The molecule has 0 atom stereocenters. The van der Waals surface area contributed by atoms with E-state index in [0.717, 1.165) is 25.9 Å². The normalized spacial score (nSPS) is 21.0. The first-order valence-electron chi connectivity index (χ1n) is 7.47. The van der Waals surface area contributed by atoms with Crippen LogP contribution < -0.4 is 4.90 Å². The SMILES string of the molecule is CN1C(=O)C(=Cc2nc(C#N)c(N3CCCCCC3)o2)SC1=S. The van der Waals surface area contributed by atoms with Crippen molar-refractivity contribution in [2.24, 2.45) is 0 Å². The zero-order valence-corrected chi connectivity index (χ0v) is 14.4. The topological polar surface area (TPSA) is 73.4 Å². The van der Waals surface area contributed by atoms with Crippen molar-refractivity contribution in [2.45, 2.75) is 25.7 Å². The molecule has 1 aromatic rings. The largest absolute Gasteiger partial charge is 0.420 e. The lowest BCUT2D eigenvalue weighted by Gasteiger charge is -2.18. The van der Waals surface area contributed by atoms with E-state index in [1.165, 1.54) is 29.5 Å². The summed E-state index contributed by atoms with van der Waals surface area (Å²) in [6.45, 7) is 1.72. The van der Waals surface area contributed by atoms with E-state index in [1.807, 2.05) is 0 Å². The van der Waals surface area contributed by atoms with Crippen LogP contribution in [0.5, 0.6) is 0 Å². The van der Waals surface area contributed by atoms with Crippen molar-refractivity contribution in [3.05, 3.63) is 16.5 Å². The Labute approximate surface area is 144 Å². The molecular formula is C15H16N4O2S2. The molecule has 0 bridgehead atoms. The average Bonchev–Trinajstić information content (AvgIpc) is 2.90. The van der Waals surface area contributed by atoms with Crippen molar-refractivity contribution in [2.75, 3.05) is 25.0 Å². The summed E-state index contributed by atoms with van der Waals surface area (Å²) in [6.07, 6.45) is 6.10. The van der Waals surface area contributed by atoms with Crippen LogP contribution >= 0.6 is 24.0 Å². The first-order chi connectivity index (χ1) is 11.1. The Kier molecular flexibility index (Phi) is 4.68. The Hall–Kier alpha value is -1.85. The molecule has 0 radical (unpaired) electrons. The van der Waals surface area contributed by atoms with Gasteiger partial charge in [0.05, 0.1) is 4.91 Å². The Balaban J connectivity index is 1.89. The quantitative estimate of drug-likeness (QED) is 0.601. The maximum Gasteiger partial charge on any atom is 0.266 e. The standard InChI is InChI=1S/C15H16N4O2S2/c1-18-13(20)11(23-15(18)22)8-12-17-10(9-16)14(21-12)19-6-4-2-3-5-7-19/h8H,2-7H2,1H3. The summed E-state index contributed by atoms with van der Waals surface area (Å²) in [7, 11) is 1.64. The number of thiocarbonyl (C=S) groups is 1. The van der Waals surface area contributed by atoms with Crippen LogP contribution in [-0.4, -0.2) is 40.2 Å². The van der Waals surface area contributed by atoms with E-state index in [-0.39, 0.29) is 17.5 Å². The van der Waals surface area contributed by atoms with Gasteiger partial charge in [0, 0.05) is 26.2 Å². The van der Waals surface area contributed by atoms with Gasteiger partial charge in [0.25, 0.3) is 5.91 Å². The fourth-order valence-corrected chi connectivity index (χ4v) is 3.75. The number of amides is 1. The first-order valence-corrected chi connectivity index (χ1v) is 8.70. The maximum atomic E-state index is 12.0. The number of anilines is 1. The molecule has 1 aromatic heterocycles. The fraction of sp³-hybridized carbons (Fsp3) is 0.467. The van der Waals surface area contributed by atoms with Gasteiger partial charge in [-0.15, -0.1) is 0 Å². The second kappa shape index (κ2) is 6.72. The van der Waals surface area contributed by atoms with Crippen LogP contribution in [0.15, 0.2) is 9.32 Å². The second-order valence-electron chi connectivity index (χ2n) is 5.46. The number of aromatic nitrogens is 1. The zero-order chi connectivity index (χ0) is 16.4. The van der Waals surface area contributed by atoms with Crippen LogP contribution in [0.4, 0.5) is 5.88 Å². The van der Waals surface area contributed by atoms with Gasteiger partial charge in [-0.25, -0.2) is 0 Å². The van der Waals surface area contributed by atoms with Gasteiger partial charge in [-0.3, -0.25) is 9.69 Å². The molecule has 2 fully saturated rings. The van der Waals surface area contributed by atoms with Crippen LogP contribution in [0.1, 0.15) is 37.3 Å². The van der Waals surface area contributed by atoms with Crippen molar-refractivity contribution < 1.29 is 9.21 Å². The molecule has 3 rings (SSSR count). The number of thioether (sulfide) groups is 1. The molecule has 0 aliphatic carbocycles. The smallest absolute Gasteiger partial charge is 0.266 e. The van der Waals surface area contributed by atoms with Crippen molar-refractivity contribution in [1.29, 1.82) is 5.26 Å². The summed E-state index contributed by atoms with van der Waals surface area (Å²) >= 11 is 6.31. The van der Waals surface area contributed by atoms with Crippen molar-refractivity contribution in [3.63, 3.8) is 0 Å². The molecule has 0 N–H and O–H groups in total. The molecule has 1 amide bonds. The lowest BCUT2D eigenvalue weighted by Crippen LogP contribution is -2.24. The van der Waals surface area contributed by atoms with Gasteiger partial charge in [-0.05, 0) is 12.8 Å². The van der Waals surface area contributed by atoms with E-state index in [2.05, 4.69) is 16.0 Å². The van der Waals surface area contributed by atoms with Gasteiger partial charge in [-0.1, -0.05) is 36.8 Å². The van der Waals surface area contributed by atoms with E-state index in [4.69, 9.17) is 16.6 Å². The summed E-state index contributed by atoms with van der Waals surface area (Å²) in [5, 5.41) is 9.31. The molecule has 0 unspecified atom stereocenters. The summed E-state index contributed by atoms with van der Waals surface area (Å²) in [4.78, 5) is 20.2. The predicted molar refractivity (Wildman–Crippen MR) is 92.8 cm³/mol. The van der Waals surface area contributed by atoms with Crippen LogP contribution in [0.3, 0.4) is 0 Å². The van der Waals surface area contributed by atoms with Gasteiger partial charge >= 0.3 is 0 Å². The summed E-state index contributed by atoms with van der Waals surface area (Å²) in [5.74, 6) is 0.607. The Morgan fingerprint density at radius 2 is 2.04 bits per heavy atom. The number of likely N-dealkylation sites (N-methyl/N-ethyl adjacent to an activating group) is 1. The minimum absolute atomic E-state index is 0.173. The highest BCUT2D eigenvalue weighted by Gasteiger charge is 2.30. The number of carbonyl (C=O) groups excluding carboxylic acids is 1. The molecule has 2 aliphatic heterocycles. The molecule has 6 nitrogen and oxygen atoms in total. The number of oxazole rings is 1. The van der Waals surface area contributed by atoms with Crippen molar-refractivity contribution in [1.82, 2.24) is 9.88 Å². The average molecular weight is 348 g/mol. The number of hydrogen-bond donors (Lipinski definition) is 0. The third-order valence-electron chi connectivity index (χ3n) is 3.87. The third kappa shape index (κ3) is 3.26. The van der Waals surface area contributed by atoms with Crippen molar-refractivity contribution in [3.8, 4) is 6.07 Å². The minimum atomic E-state index is -0.173. The van der Waals surface area contributed by atoms with Crippen LogP contribution in [0.25, 0.3) is 6.08 Å². The molecule has 0 aromatic carbocycles. The van der Waals surface area contributed by atoms with Crippen molar-refractivity contribution >= 4 is 46.2 Å². The molecule has 2 saturated heterocycles. The molecule has 23 heavy (non-hydrogen) atoms. The third-order valence-corrected chi connectivity index (χ3v) is 5.35. The van der Waals surface area contributed by atoms with Crippen LogP contribution in [-0.2, 0) is 4.79 Å². The molecule has 0 spiro atoms. The minimum Gasteiger partial charge on any atom is -0.420 e. The number of rotatable bonds is 2. The van der Waals surface area contributed by atoms with E-state index >= 15 is 0 Å². The molecule has 0 saturated carbocycles. The molecule has 3 heterocycles. The summed E-state index contributed by atoms with van der Waals surface area (Å²) in [5.41, 5.74) is 0.269. The lowest BCUT2D eigenvalue weighted by atomic mass is 10.2. The van der Waals surface area contributed by atoms with E-state index in [0.29, 0.717) is 15.1 Å². The van der Waals surface area contributed by atoms with E-state index in [9.17, 15) is 10.1 Å². The zero-order valence-electron chi connectivity index (χ0n) is 12.7. The molecule has 8 heteroatoms. The Bertz CT molecular complexity index is 712. The van der Waals surface area contributed by atoms with Gasteiger partial charge in [0.15, 0.2) is 0 Å². The monoisotopic (exact) mass is 348 g/mol. The van der Waals surface area contributed by atoms with E-state index < -0.39 is 0 Å². The Morgan fingerprint density at radius 3 is 2.61 bits per heavy atom. The lowest BCUT2D eigenvalue weighted by molar-refractivity contribution is -0.121. The molecular weight excluding hydrogens is 332 g/mol. The highest BCUT2D eigenvalue weighted by molar-refractivity contribution is 8.26. The molecule has 120 valence electrons. The number of hydrogen-bond acceptors (Lipinski definition) is 7. The van der Waals surface area contributed by atoms with E-state index in [1.54, 1.807) is 13.1 Å². The summed E-state index contributed by atoms with van der Waals surface area (Å²) < 4.78 is 6.27. The predicted octanol–water partition coefficient (Wildman–Crippen LogP) is 2.76. The number of nitrogens with zero attached hydrogens (tertiary/aromatic N) is 4. The highest BCUT2D eigenvalue weighted by atomic mass is 32.2. The first kappa shape index (κ1) is 16.0. The van der Waals surface area contributed by atoms with Gasteiger partial charge < -0.3 is 9.32 Å². The Morgan fingerprint density at radius 1 is 1.35 bits per heavy atom. The second-order valence-corrected chi connectivity index (χ2v) is 7.14. The maximum absolute atomic E-state index is 12.0. The number of carbonyl (C=O) groups is 1. The summed E-state index contributed by atoms with van der Waals surface area (Å²) in [6, 6.07) is 2.08. The highest BCUT2D eigenvalue weighted by Crippen LogP contribution is 2.32. The van der Waals surface area contributed by atoms with Gasteiger partial charge in [-0.2, -0.15) is 10.2 Å². The fourth-order valence-electron chi connectivity index (χ4n) is 2.61. The van der Waals surface area contributed by atoms with Crippen LogP contribution in [0, 0.1) is 11.3 Å². The molecule has 2 aliphatic rings. The number of nitriles is 1. The van der Waals surface area contributed by atoms with Gasteiger partial charge in [0.2, 0.25) is 17.5 Å². The van der Waals surface area contributed by atoms with Crippen LogP contribution in [0.2, 0.25) is 0 Å². The van der Waals surface area contributed by atoms with Gasteiger partial charge in [0.1, 0.15) is 10.4 Å².